The van der Waals surface area contributed by atoms with Crippen molar-refractivity contribution in [2.75, 3.05) is 6.54 Å². The third-order valence-corrected chi connectivity index (χ3v) is 4.48. The van der Waals surface area contributed by atoms with E-state index in [4.69, 9.17) is 9.15 Å². The highest BCUT2D eigenvalue weighted by atomic mass is 16.5. The maximum atomic E-state index is 9.20. The Bertz CT molecular complexity index is 828. The number of hydrogen-bond acceptors (Lipinski definition) is 4. The second kappa shape index (κ2) is 7.13. The average Bonchev–Trinajstić information content (AvgIpc) is 3.02. The Balaban J connectivity index is 1.62. The number of para-hydroxylation sites is 1. The van der Waals surface area contributed by atoms with E-state index in [1.165, 1.54) is 11.1 Å². The van der Waals surface area contributed by atoms with Gasteiger partial charge in [-0.15, -0.1) is 0 Å². The van der Waals surface area contributed by atoms with Crippen molar-refractivity contribution in [2.24, 2.45) is 0 Å². The summed E-state index contributed by atoms with van der Waals surface area (Å²) in [5.74, 6) is 2.39. The van der Waals surface area contributed by atoms with Crippen LogP contribution >= 0.6 is 0 Å². The van der Waals surface area contributed by atoms with Crippen LogP contribution in [-0.2, 0) is 19.7 Å². The van der Waals surface area contributed by atoms with Crippen molar-refractivity contribution in [1.29, 1.82) is 0 Å². The molecule has 25 heavy (non-hydrogen) atoms. The Labute approximate surface area is 147 Å². The molecule has 1 aromatic heterocycles. The summed E-state index contributed by atoms with van der Waals surface area (Å²) in [5, 5.41) is 9.20. The number of fused-ring (bicyclic) bond motifs is 1. The van der Waals surface area contributed by atoms with Crippen molar-refractivity contribution in [1.82, 2.24) is 4.90 Å². The van der Waals surface area contributed by atoms with Crippen molar-refractivity contribution >= 4 is 0 Å². The first-order valence-electron chi connectivity index (χ1n) is 8.52. The summed E-state index contributed by atoms with van der Waals surface area (Å²) in [5.41, 5.74) is 2.34. The lowest BCUT2D eigenvalue weighted by Gasteiger charge is -2.23. The van der Waals surface area contributed by atoms with E-state index >= 15 is 0 Å². The Kier molecular flexibility index (Phi) is 4.55. The van der Waals surface area contributed by atoms with E-state index in [0.717, 1.165) is 24.6 Å². The van der Waals surface area contributed by atoms with Crippen molar-refractivity contribution in [2.45, 2.75) is 25.8 Å². The Morgan fingerprint density at radius 2 is 1.68 bits per heavy atom. The fraction of sp³-hybridized carbons (Fsp3) is 0.238. The van der Waals surface area contributed by atoms with Gasteiger partial charge in [-0.2, -0.15) is 0 Å². The van der Waals surface area contributed by atoms with Gasteiger partial charge in [0.15, 0.2) is 0 Å². The van der Waals surface area contributed by atoms with Gasteiger partial charge in [0.05, 0.1) is 6.54 Å². The Morgan fingerprint density at radius 3 is 2.48 bits per heavy atom. The number of ether oxygens (including phenoxy) is 1. The second-order valence-electron chi connectivity index (χ2n) is 6.32. The number of benzene rings is 2. The van der Waals surface area contributed by atoms with Crippen LogP contribution in [0.1, 0.15) is 28.8 Å². The van der Waals surface area contributed by atoms with Gasteiger partial charge in [-0.3, -0.25) is 4.90 Å². The molecule has 1 atom stereocenters. The largest absolute Gasteiger partial charge is 0.484 e. The van der Waals surface area contributed by atoms with Gasteiger partial charge in [-0.25, -0.2) is 0 Å². The van der Waals surface area contributed by atoms with E-state index in [9.17, 15) is 5.11 Å². The molecule has 0 fully saturated rings. The normalized spacial score (nSPS) is 17.6. The van der Waals surface area contributed by atoms with Crippen LogP contribution in [0.5, 0.6) is 5.75 Å². The highest BCUT2D eigenvalue weighted by Gasteiger charge is 2.24. The number of furan rings is 1. The van der Waals surface area contributed by atoms with Crippen LogP contribution in [0.15, 0.2) is 71.1 Å². The van der Waals surface area contributed by atoms with E-state index in [0.29, 0.717) is 12.3 Å². The third kappa shape index (κ3) is 3.60. The molecule has 1 aliphatic heterocycles. The quantitative estimate of drug-likeness (QED) is 0.785. The molecule has 3 aromatic rings. The zero-order valence-electron chi connectivity index (χ0n) is 14.0. The van der Waals surface area contributed by atoms with Crippen molar-refractivity contribution < 1.29 is 14.3 Å². The van der Waals surface area contributed by atoms with Crippen LogP contribution in [0.25, 0.3) is 0 Å². The fourth-order valence-corrected chi connectivity index (χ4v) is 3.25. The molecule has 0 spiro atoms. The first kappa shape index (κ1) is 15.9. The van der Waals surface area contributed by atoms with Gasteiger partial charge in [0.1, 0.15) is 30.0 Å². The monoisotopic (exact) mass is 335 g/mol. The number of nitrogens with zero attached hydrogens (tertiary/aromatic N) is 1. The number of hydrogen-bond donors (Lipinski definition) is 1. The highest BCUT2D eigenvalue weighted by Crippen LogP contribution is 2.31. The van der Waals surface area contributed by atoms with E-state index < -0.39 is 0 Å². The second-order valence-corrected chi connectivity index (χ2v) is 6.32. The smallest absolute Gasteiger partial charge is 0.136 e. The van der Waals surface area contributed by atoms with Gasteiger partial charge in [0.2, 0.25) is 0 Å². The Hall–Kier alpha value is -2.56. The van der Waals surface area contributed by atoms with Gasteiger partial charge in [0, 0.05) is 18.7 Å². The summed E-state index contributed by atoms with van der Waals surface area (Å²) >= 11 is 0. The SMILES string of the molecule is OCc1ccc(CN2Cc3ccccc3OC(c3ccccc3)C2)o1. The molecular formula is C21H21NO3. The predicted octanol–water partition coefficient (Wildman–Crippen LogP) is 3.91. The minimum absolute atomic E-state index is 0.0304. The number of rotatable bonds is 4. The van der Waals surface area contributed by atoms with Crippen LogP contribution in [0, 0.1) is 0 Å². The third-order valence-electron chi connectivity index (χ3n) is 4.48. The van der Waals surface area contributed by atoms with Gasteiger partial charge >= 0.3 is 0 Å². The van der Waals surface area contributed by atoms with Crippen molar-refractivity contribution in [3.05, 3.63) is 89.4 Å². The predicted molar refractivity (Wildman–Crippen MR) is 95.0 cm³/mol. The van der Waals surface area contributed by atoms with Gasteiger partial charge in [-0.05, 0) is 23.8 Å². The standard InChI is InChI=1S/C21H21NO3/c23-15-19-11-10-18(24-19)13-22-12-17-8-4-5-9-20(17)25-21(14-22)16-6-2-1-3-7-16/h1-11,21,23H,12-15H2. The minimum atomic E-state index is -0.0708. The molecule has 0 bridgehead atoms. The molecule has 2 heterocycles. The van der Waals surface area contributed by atoms with Crippen LogP contribution in [0.2, 0.25) is 0 Å². The van der Waals surface area contributed by atoms with E-state index in [2.05, 4.69) is 23.1 Å². The minimum Gasteiger partial charge on any atom is -0.484 e. The van der Waals surface area contributed by atoms with Gasteiger partial charge < -0.3 is 14.3 Å². The summed E-state index contributed by atoms with van der Waals surface area (Å²) in [7, 11) is 0. The van der Waals surface area contributed by atoms with E-state index in [1.54, 1.807) is 0 Å². The fourth-order valence-electron chi connectivity index (χ4n) is 3.25. The molecule has 128 valence electrons. The molecule has 0 amide bonds. The molecule has 4 rings (SSSR count). The molecule has 0 saturated heterocycles. The summed E-state index contributed by atoms with van der Waals surface area (Å²) in [4.78, 5) is 2.32. The molecule has 4 nitrogen and oxygen atoms in total. The van der Waals surface area contributed by atoms with Crippen LogP contribution in [0.3, 0.4) is 0 Å². The molecule has 0 aliphatic carbocycles. The summed E-state index contributed by atoms with van der Waals surface area (Å²) in [6.07, 6.45) is -0.0304. The Morgan fingerprint density at radius 1 is 0.920 bits per heavy atom. The molecular weight excluding hydrogens is 314 g/mol. The summed E-state index contributed by atoms with van der Waals surface area (Å²) < 4.78 is 12.0. The van der Waals surface area contributed by atoms with Gasteiger partial charge in [0.25, 0.3) is 0 Å². The first-order chi connectivity index (χ1) is 12.3. The van der Waals surface area contributed by atoms with E-state index in [-0.39, 0.29) is 12.7 Å². The van der Waals surface area contributed by atoms with Crippen molar-refractivity contribution in [3.8, 4) is 5.75 Å². The highest BCUT2D eigenvalue weighted by molar-refractivity contribution is 5.35. The molecule has 0 radical (unpaired) electrons. The van der Waals surface area contributed by atoms with Crippen LogP contribution < -0.4 is 4.74 Å². The molecule has 1 N–H and O–H groups in total. The number of aliphatic hydroxyl groups is 1. The lowest BCUT2D eigenvalue weighted by molar-refractivity contribution is 0.136. The maximum Gasteiger partial charge on any atom is 0.136 e. The lowest BCUT2D eigenvalue weighted by Crippen LogP contribution is -2.27. The molecule has 1 aliphatic rings. The molecule has 2 aromatic carbocycles. The van der Waals surface area contributed by atoms with Crippen LogP contribution in [-0.4, -0.2) is 16.6 Å². The lowest BCUT2D eigenvalue weighted by atomic mass is 10.1. The van der Waals surface area contributed by atoms with Crippen LogP contribution in [0.4, 0.5) is 0 Å². The topological polar surface area (TPSA) is 45.8 Å². The molecule has 1 unspecified atom stereocenters. The number of aliphatic hydroxyl groups excluding tert-OH is 1. The summed E-state index contributed by atoms with van der Waals surface area (Å²) in [6, 6.07) is 22.3. The zero-order chi connectivity index (χ0) is 17.1. The maximum absolute atomic E-state index is 9.20. The zero-order valence-corrected chi connectivity index (χ0v) is 14.0. The first-order valence-corrected chi connectivity index (χ1v) is 8.52. The van der Waals surface area contributed by atoms with Gasteiger partial charge in [-0.1, -0.05) is 48.5 Å². The molecule has 4 heteroatoms. The van der Waals surface area contributed by atoms with E-state index in [1.807, 2.05) is 48.5 Å². The van der Waals surface area contributed by atoms with Crippen molar-refractivity contribution in [3.63, 3.8) is 0 Å². The summed E-state index contributed by atoms with van der Waals surface area (Å²) in [6.45, 7) is 2.18. The average molecular weight is 335 g/mol. The molecule has 0 saturated carbocycles.